The predicted molar refractivity (Wildman–Crippen MR) is 87.2 cm³/mol. The fourth-order valence-corrected chi connectivity index (χ4v) is 3.29. The topological polar surface area (TPSA) is 104 Å². The number of hydrogen-bond acceptors (Lipinski definition) is 6. The number of hydrogen-bond donors (Lipinski definition) is 1. The number of carbonyl (C=O) groups is 1. The second kappa shape index (κ2) is 8.82. The predicted octanol–water partition coefficient (Wildman–Crippen LogP) is -0.427. The molecule has 128 valence electrons. The average molecular weight is 372 g/mol. The van der Waals surface area contributed by atoms with Crippen LogP contribution < -0.4 is 34.3 Å². The maximum absolute atomic E-state index is 12.5. The van der Waals surface area contributed by atoms with Gasteiger partial charge in [0.1, 0.15) is 10.1 Å². The molecule has 1 N–H and O–H groups in total. The van der Waals surface area contributed by atoms with Gasteiger partial charge in [0.05, 0.1) is 17.9 Å². The fraction of sp³-hybridized carbons (Fsp3) is 0.235. The van der Waals surface area contributed by atoms with E-state index in [1.54, 1.807) is 31.2 Å². The molecule has 0 amide bonds. The van der Waals surface area contributed by atoms with Crippen LogP contribution >= 0.6 is 0 Å². The molecule has 6 nitrogen and oxygen atoms in total. The molecule has 0 aliphatic carbocycles. The fourth-order valence-electron chi connectivity index (χ4n) is 2.45. The van der Waals surface area contributed by atoms with E-state index in [1.165, 1.54) is 25.3 Å². The van der Waals surface area contributed by atoms with Crippen molar-refractivity contribution >= 4 is 15.9 Å². The third-order valence-electron chi connectivity index (χ3n) is 3.63. The van der Waals surface area contributed by atoms with Gasteiger partial charge in [-0.25, -0.2) is 8.42 Å². The third-order valence-corrected chi connectivity index (χ3v) is 4.77. The third kappa shape index (κ3) is 5.29. The van der Waals surface area contributed by atoms with Crippen LogP contribution in [0.4, 0.5) is 0 Å². The van der Waals surface area contributed by atoms with E-state index in [9.17, 15) is 22.9 Å². The molecule has 1 unspecified atom stereocenters. The van der Waals surface area contributed by atoms with E-state index in [1.807, 2.05) is 0 Å². The molecule has 0 heterocycles. The van der Waals surface area contributed by atoms with Crippen molar-refractivity contribution < 1.29 is 57.2 Å². The van der Waals surface area contributed by atoms with Crippen LogP contribution in [0.25, 0.3) is 0 Å². The second-order valence-electron chi connectivity index (χ2n) is 5.38. The Hall–Kier alpha value is -1.38. The molecule has 0 fully saturated rings. The molecule has 0 radical (unpaired) electrons. The van der Waals surface area contributed by atoms with Gasteiger partial charge in [-0.2, -0.15) is 0 Å². The minimum Gasteiger partial charge on any atom is -0.747 e. The zero-order chi connectivity index (χ0) is 17.9. The van der Waals surface area contributed by atoms with Crippen LogP contribution in [0, 0.1) is 6.92 Å². The summed E-state index contributed by atoms with van der Waals surface area (Å²) in [6.07, 6.45) is -0.560. The molecule has 0 spiro atoms. The zero-order valence-electron chi connectivity index (χ0n) is 14.2. The van der Waals surface area contributed by atoms with Gasteiger partial charge in [-0.15, -0.1) is 0 Å². The van der Waals surface area contributed by atoms with Crippen LogP contribution in [0.15, 0.2) is 42.5 Å². The maximum Gasteiger partial charge on any atom is 1.00 e. The largest absolute Gasteiger partial charge is 1.00 e. The number of phenolic OH excluding ortho intramolecular Hbond substituents is 1. The molecule has 2 rings (SSSR count). The first-order valence-electron chi connectivity index (χ1n) is 7.14. The first kappa shape index (κ1) is 21.7. The van der Waals surface area contributed by atoms with Gasteiger partial charge in [-0.3, -0.25) is 4.79 Å². The summed E-state index contributed by atoms with van der Waals surface area (Å²) in [6.45, 7) is 1.71. The van der Waals surface area contributed by atoms with Gasteiger partial charge in [0, 0.05) is 6.42 Å². The van der Waals surface area contributed by atoms with Crippen molar-refractivity contribution in [3.05, 3.63) is 59.2 Å². The summed E-state index contributed by atoms with van der Waals surface area (Å²) in [6, 6.07) is 10.8. The summed E-state index contributed by atoms with van der Waals surface area (Å²) in [7, 11) is -3.40. The normalized spacial score (nSPS) is 12.1. The number of ketones is 1. The Balaban J connectivity index is 0.00000312. The quantitative estimate of drug-likeness (QED) is 0.419. The molecule has 1 atom stereocenters. The number of aryl methyl sites for hydroxylation is 1. The van der Waals surface area contributed by atoms with E-state index < -0.39 is 27.6 Å². The SMILES string of the molecule is COc1cc(C)cc(C(=O)CC(c2ccccc2)S(=O)(=O)[O-])c1O.[Na+]. The van der Waals surface area contributed by atoms with E-state index >= 15 is 0 Å². The second-order valence-corrected chi connectivity index (χ2v) is 6.94. The van der Waals surface area contributed by atoms with Crippen molar-refractivity contribution in [2.45, 2.75) is 18.6 Å². The number of Topliss-reactive ketones (excluding diaryl/α,β-unsaturated/α-hetero) is 1. The number of methoxy groups -OCH3 is 1. The van der Waals surface area contributed by atoms with Crippen molar-refractivity contribution in [2.75, 3.05) is 7.11 Å². The Kier molecular flexibility index (Phi) is 7.64. The minimum absolute atomic E-state index is 0. The summed E-state index contributed by atoms with van der Waals surface area (Å²) in [5.74, 6) is -0.912. The Bertz CT molecular complexity index is 849. The minimum atomic E-state index is -4.74. The van der Waals surface area contributed by atoms with Crippen molar-refractivity contribution in [3.8, 4) is 11.5 Å². The molecule has 0 bridgehead atoms. The number of ether oxygens (including phenoxy) is 1. The van der Waals surface area contributed by atoms with Gasteiger partial charge in [0.2, 0.25) is 0 Å². The Labute approximate surface area is 168 Å². The first-order valence-corrected chi connectivity index (χ1v) is 8.61. The molecule has 8 heteroatoms. The summed E-state index contributed by atoms with van der Waals surface area (Å²) in [5, 5.41) is 8.58. The van der Waals surface area contributed by atoms with E-state index in [0.29, 0.717) is 5.56 Å². The van der Waals surface area contributed by atoms with Crippen molar-refractivity contribution in [1.29, 1.82) is 0 Å². The van der Waals surface area contributed by atoms with Crippen molar-refractivity contribution in [1.82, 2.24) is 0 Å². The number of benzene rings is 2. The molecule has 2 aromatic rings. The van der Waals surface area contributed by atoms with Gasteiger partial charge in [-0.1, -0.05) is 30.3 Å². The van der Waals surface area contributed by atoms with Gasteiger partial charge >= 0.3 is 29.6 Å². The molecule has 2 aromatic carbocycles. The van der Waals surface area contributed by atoms with Crippen LogP contribution in [0.3, 0.4) is 0 Å². The van der Waals surface area contributed by atoms with Gasteiger partial charge in [0.15, 0.2) is 17.3 Å². The zero-order valence-corrected chi connectivity index (χ0v) is 17.0. The molecule has 0 saturated carbocycles. The summed E-state index contributed by atoms with van der Waals surface area (Å²) in [5.41, 5.74) is 0.825. The molecular formula is C17H17NaO6S. The Morgan fingerprint density at radius 1 is 1.24 bits per heavy atom. The van der Waals surface area contributed by atoms with E-state index in [-0.39, 0.29) is 52.2 Å². The maximum atomic E-state index is 12.5. The van der Waals surface area contributed by atoms with Crippen LogP contribution in [0.1, 0.15) is 33.2 Å². The van der Waals surface area contributed by atoms with E-state index in [0.717, 1.165) is 0 Å². The Morgan fingerprint density at radius 2 is 1.84 bits per heavy atom. The first-order chi connectivity index (χ1) is 11.2. The van der Waals surface area contributed by atoms with Gasteiger partial charge in [0.25, 0.3) is 0 Å². The van der Waals surface area contributed by atoms with Crippen LogP contribution in [-0.4, -0.2) is 31.0 Å². The molecule has 0 saturated heterocycles. The van der Waals surface area contributed by atoms with E-state index in [2.05, 4.69) is 0 Å². The monoisotopic (exact) mass is 372 g/mol. The molecule has 0 aliphatic heterocycles. The Morgan fingerprint density at radius 3 is 2.36 bits per heavy atom. The number of aromatic hydroxyl groups is 1. The standard InChI is InChI=1S/C17H18O6S.Na/c1-11-8-13(17(19)15(9-11)23-2)14(18)10-16(24(20,21)22)12-6-4-3-5-7-12;/h3-9,16,19H,10H2,1-2H3,(H,20,21,22);/q;+1/p-1. The van der Waals surface area contributed by atoms with Crippen molar-refractivity contribution in [3.63, 3.8) is 0 Å². The molecule has 0 aliphatic rings. The van der Waals surface area contributed by atoms with Crippen LogP contribution in [-0.2, 0) is 10.1 Å². The van der Waals surface area contributed by atoms with Crippen LogP contribution in [0.5, 0.6) is 11.5 Å². The summed E-state index contributed by atoms with van der Waals surface area (Å²) >= 11 is 0. The smallest absolute Gasteiger partial charge is 0.747 e. The van der Waals surface area contributed by atoms with Crippen LogP contribution in [0.2, 0.25) is 0 Å². The number of phenols is 1. The summed E-state index contributed by atoms with van der Waals surface area (Å²) < 4.78 is 39.7. The van der Waals surface area contributed by atoms with Crippen molar-refractivity contribution in [2.24, 2.45) is 0 Å². The van der Waals surface area contributed by atoms with Gasteiger partial charge < -0.3 is 14.4 Å². The average Bonchev–Trinajstić information content (AvgIpc) is 2.53. The molecule has 25 heavy (non-hydrogen) atoms. The van der Waals surface area contributed by atoms with Gasteiger partial charge in [-0.05, 0) is 30.2 Å². The summed E-state index contributed by atoms with van der Waals surface area (Å²) in [4.78, 5) is 12.5. The molecular weight excluding hydrogens is 355 g/mol. The molecule has 0 aromatic heterocycles. The van der Waals surface area contributed by atoms with E-state index in [4.69, 9.17) is 4.74 Å². The number of carbonyl (C=O) groups excluding carboxylic acids is 1. The number of rotatable bonds is 6.